The Morgan fingerprint density at radius 2 is 1.86 bits per heavy atom. The van der Waals surface area contributed by atoms with E-state index in [9.17, 15) is 4.79 Å². The predicted octanol–water partition coefficient (Wildman–Crippen LogP) is 4.69. The highest BCUT2D eigenvalue weighted by Gasteiger charge is 2.35. The number of fused-ring (bicyclic) bond motifs is 1. The molecule has 1 N–H and O–H groups in total. The summed E-state index contributed by atoms with van der Waals surface area (Å²) < 4.78 is 22.5. The van der Waals surface area contributed by atoms with E-state index in [2.05, 4.69) is 18.3 Å². The fourth-order valence-electron chi connectivity index (χ4n) is 3.40. The highest BCUT2D eigenvalue weighted by molar-refractivity contribution is 5.71. The summed E-state index contributed by atoms with van der Waals surface area (Å²) in [6.07, 6.45) is 3.28. The molecule has 6 heteroatoms. The van der Waals surface area contributed by atoms with Crippen LogP contribution in [-0.2, 0) is 0 Å². The summed E-state index contributed by atoms with van der Waals surface area (Å²) in [5, 5.41) is 2.42. The normalized spacial score (nSPS) is 17.8. The lowest BCUT2D eigenvalue weighted by Gasteiger charge is -2.18. The number of hydrogen-bond donors (Lipinski definition) is 1. The van der Waals surface area contributed by atoms with E-state index in [1.807, 2.05) is 37.3 Å². The minimum atomic E-state index is -0.551. The number of methoxy groups -OCH3 is 2. The molecule has 3 rings (SSSR count). The van der Waals surface area contributed by atoms with Crippen molar-refractivity contribution in [2.45, 2.75) is 25.9 Å². The zero-order valence-electron chi connectivity index (χ0n) is 16.7. The van der Waals surface area contributed by atoms with Crippen molar-refractivity contribution < 1.29 is 23.7 Å². The average molecular weight is 383 g/mol. The van der Waals surface area contributed by atoms with Crippen LogP contribution in [0.3, 0.4) is 0 Å². The molecule has 6 nitrogen and oxygen atoms in total. The van der Waals surface area contributed by atoms with Gasteiger partial charge in [-0.2, -0.15) is 0 Å². The number of hydrogen-bond acceptors (Lipinski definition) is 5. The van der Waals surface area contributed by atoms with Crippen molar-refractivity contribution in [3.05, 3.63) is 53.1 Å². The summed E-state index contributed by atoms with van der Waals surface area (Å²) in [5.74, 6) is 2.41. The molecular formula is C22H25NO5. The van der Waals surface area contributed by atoms with Crippen LogP contribution in [0.2, 0.25) is 0 Å². The van der Waals surface area contributed by atoms with Gasteiger partial charge < -0.3 is 24.3 Å². The van der Waals surface area contributed by atoms with Gasteiger partial charge in [-0.25, -0.2) is 4.79 Å². The first-order valence-corrected chi connectivity index (χ1v) is 9.11. The van der Waals surface area contributed by atoms with Gasteiger partial charge in [-0.05, 0) is 42.3 Å². The summed E-state index contributed by atoms with van der Waals surface area (Å²) in [5.41, 5.74) is 3.10. The van der Waals surface area contributed by atoms with Gasteiger partial charge in [0.25, 0.3) is 0 Å². The van der Waals surface area contributed by atoms with Crippen molar-refractivity contribution in [1.29, 1.82) is 0 Å². The largest absolute Gasteiger partial charge is 0.493 e. The van der Waals surface area contributed by atoms with E-state index in [0.29, 0.717) is 17.2 Å². The van der Waals surface area contributed by atoms with Gasteiger partial charge in [0.1, 0.15) is 6.10 Å². The molecule has 2 aromatic rings. The van der Waals surface area contributed by atoms with Crippen LogP contribution < -0.4 is 24.3 Å². The van der Waals surface area contributed by atoms with Gasteiger partial charge in [-0.3, -0.25) is 0 Å². The highest BCUT2D eigenvalue weighted by atomic mass is 16.6. The highest BCUT2D eigenvalue weighted by Crippen LogP contribution is 2.51. The van der Waals surface area contributed by atoms with Gasteiger partial charge in [0.2, 0.25) is 0 Å². The zero-order valence-corrected chi connectivity index (χ0v) is 16.7. The van der Waals surface area contributed by atoms with E-state index < -0.39 is 6.09 Å². The number of amides is 1. The third kappa shape index (κ3) is 3.63. The van der Waals surface area contributed by atoms with E-state index in [1.165, 1.54) is 14.2 Å². The molecule has 0 spiro atoms. The van der Waals surface area contributed by atoms with Crippen LogP contribution in [-0.4, -0.2) is 27.4 Å². The van der Waals surface area contributed by atoms with Crippen molar-refractivity contribution in [2.24, 2.45) is 0 Å². The molecule has 0 aromatic heterocycles. The maximum Gasteiger partial charge on any atom is 0.412 e. The Labute approximate surface area is 165 Å². The molecule has 0 bridgehead atoms. The first-order valence-electron chi connectivity index (χ1n) is 9.11. The van der Waals surface area contributed by atoms with Crippen molar-refractivity contribution in [2.75, 3.05) is 21.3 Å². The van der Waals surface area contributed by atoms with Crippen LogP contribution in [0.4, 0.5) is 4.79 Å². The molecule has 0 saturated carbocycles. The second-order valence-corrected chi connectivity index (χ2v) is 6.52. The minimum Gasteiger partial charge on any atom is -0.493 e. The number of allylic oxidation sites excluding steroid dienone is 1. The summed E-state index contributed by atoms with van der Waals surface area (Å²) in [4.78, 5) is 11.5. The molecular weight excluding hydrogens is 358 g/mol. The molecule has 0 fully saturated rings. The van der Waals surface area contributed by atoms with Gasteiger partial charge in [-0.1, -0.05) is 25.1 Å². The first kappa shape index (κ1) is 19.6. The van der Waals surface area contributed by atoms with Gasteiger partial charge in [0.15, 0.2) is 23.0 Å². The second-order valence-electron chi connectivity index (χ2n) is 6.52. The third-order valence-corrected chi connectivity index (χ3v) is 4.80. The lowest BCUT2D eigenvalue weighted by atomic mass is 9.91. The second kappa shape index (κ2) is 8.25. The molecule has 1 amide bonds. The van der Waals surface area contributed by atoms with Crippen molar-refractivity contribution in [3.63, 3.8) is 0 Å². The molecule has 148 valence electrons. The fourth-order valence-corrected chi connectivity index (χ4v) is 3.40. The maximum atomic E-state index is 11.5. The molecule has 1 aliphatic heterocycles. The van der Waals surface area contributed by atoms with E-state index in [-0.39, 0.29) is 12.0 Å². The van der Waals surface area contributed by atoms with Gasteiger partial charge in [-0.15, -0.1) is 0 Å². The summed E-state index contributed by atoms with van der Waals surface area (Å²) in [6.45, 7) is 4.11. The smallest absolute Gasteiger partial charge is 0.412 e. The lowest BCUT2D eigenvalue weighted by Crippen LogP contribution is -2.22. The number of carbonyl (C=O) groups is 1. The summed E-state index contributed by atoms with van der Waals surface area (Å²) in [6, 6.07) is 9.53. The molecule has 28 heavy (non-hydrogen) atoms. The molecule has 0 radical (unpaired) electrons. The quantitative estimate of drug-likeness (QED) is 0.811. The maximum absolute atomic E-state index is 11.5. The van der Waals surface area contributed by atoms with Crippen LogP contribution in [0.1, 0.15) is 42.6 Å². The van der Waals surface area contributed by atoms with Crippen molar-refractivity contribution in [3.8, 4) is 23.0 Å². The minimum absolute atomic E-state index is 0.115. The number of carbonyl (C=O) groups excluding carboxylic acids is 1. The molecule has 2 aromatic carbocycles. The molecule has 1 aliphatic rings. The summed E-state index contributed by atoms with van der Waals surface area (Å²) >= 11 is 0. The number of rotatable bonds is 5. The van der Waals surface area contributed by atoms with Crippen molar-refractivity contribution >= 4 is 12.2 Å². The number of ether oxygens (including phenoxy) is 4. The van der Waals surface area contributed by atoms with Crippen LogP contribution >= 0.6 is 0 Å². The molecule has 1 heterocycles. The Hall–Kier alpha value is -3.15. The standard InChI is InChI=1S/C22H25NO5/c1-6-7-14-10-16-13(2)20(28-21(16)19(11-14)26-5)15-8-9-17(18(12-15)25-4)27-22(24)23-3/h6-13,20H,1-5H3,(H,23,24)/b7-6+. The molecule has 0 aliphatic carbocycles. The fraction of sp³-hybridized carbons (Fsp3) is 0.318. The Morgan fingerprint density at radius 3 is 2.50 bits per heavy atom. The number of nitrogens with one attached hydrogen (secondary N) is 1. The predicted molar refractivity (Wildman–Crippen MR) is 108 cm³/mol. The lowest BCUT2D eigenvalue weighted by molar-refractivity contribution is 0.199. The molecule has 2 atom stereocenters. The van der Waals surface area contributed by atoms with Gasteiger partial charge >= 0.3 is 6.09 Å². The zero-order chi connectivity index (χ0) is 20.3. The Morgan fingerprint density at radius 1 is 1.11 bits per heavy atom. The Balaban J connectivity index is 1.95. The summed E-state index contributed by atoms with van der Waals surface area (Å²) in [7, 11) is 4.68. The molecule has 0 saturated heterocycles. The third-order valence-electron chi connectivity index (χ3n) is 4.80. The van der Waals surface area contributed by atoms with Crippen LogP contribution in [0.25, 0.3) is 6.08 Å². The molecule has 2 unspecified atom stereocenters. The number of benzene rings is 2. The van der Waals surface area contributed by atoms with E-state index in [0.717, 1.165) is 22.4 Å². The average Bonchev–Trinajstić information content (AvgIpc) is 3.04. The Kier molecular flexibility index (Phi) is 5.78. The van der Waals surface area contributed by atoms with E-state index >= 15 is 0 Å². The van der Waals surface area contributed by atoms with E-state index in [1.54, 1.807) is 13.2 Å². The van der Waals surface area contributed by atoms with Gasteiger partial charge in [0, 0.05) is 18.5 Å². The van der Waals surface area contributed by atoms with Crippen LogP contribution in [0.15, 0.2) is 36.4 Å². The SMILES string of the molecule is C/C=C/c1cc(OC)c2c(c1)C(C)C(c1ccc(OC(=O)NC)c(OC)c1)O2. The van der Waals surface area contributed by atoms with Crippen molar-refractivity contribution in [1.82, 2.24) is 5.32 Å². The topological polar surface area (TPSA) is 66.0 Å². The van der Waals surface area contributed by atoms with E-state index in [4.69, 9.17) is 18.9 Å². The first-order chi connectivity index (χ1) is 13.5. The Bertz CT molecular complexity index is 906. The van der Waals surface area contributed by atoms with Crippen LogP contribution in [0.5, 0.6) is 23.0 Å². The van der Waals surface area contributed by atoms with Crippen LogP contribution in [0, 0.1) is 0 Å². The van der Waals surface area contributed by atoms with Gasteiger partial charge in [0.05, 0.1) is 14.2 Å². The monoisotopic (exact) mass is 383 g/mol.